The minimum Gasteiger partial charge on any atom is -0.289 e. The molecule has 1 fully saturated rings. The van der Waals surface area contributed by atoms with Crippen LogP contribution in [0.1, 0.15) is 114 Å². The Morgan fingerprint density at radius 1 is 0.658 bits per heavy atom. The molecule has 2 heteroatoms. The van der Waals surface area contributed by atoms with Gasteiger partial charge in [0.05, 0.1) is 5.69 Å². The lowest BCUT2D eigenvalue weighted by molar-refractivity contribution is 0.374. The molecular weight excluding hydrogens is 460 g/mol. The van der Waals surface area contributed by atoms with Gasteiger partial charge in [0.25, 0.3) is 0 Å². The van der Waals surface area contributed by atoms with Crippen molar-refractivity contribution in [1.29, 1.82) is 0 Å². The third-order valence-electron chi connectivity index (χ3n) is 7.98. The van der Waals surface area contributed by atoms with Crippen molar-refractivity contribution in [1.82, 2.24) is 0 Å². The summed E-state index contributed by atoms with van der Waals surface area (Å²) >= 11 is 0. The smallest absolute Gasteiger partial charge is 0.0695 e. The summed E-state index contributed by atoms with van der Waals surface area (Å²) in [6.45, 7) is 13.5. The Morgan fingerprint density at radius 3 is 1.61 bits per heavy atom. The topological polar surface area (TPSA) is 24.7 Å². The number of para-hydroxylation sites is 1. The summed E-state index contributed by atoms with van der Waals surface area (Å²) in [7, 11) is 0. The van der Waals surface area contributed by atoms with Crippen LogP contribution in [0.2, 0.25) is 0 Å². The van der Waals surface area contributed by atoms with E-state index in [0.717, 1.165) is 12.8 Å². The fraction of sp³-hybridized carbons (Fsp3) is 0.444. The second kappa shape index (κ2) is 12.7. The molecule has 3 aromatic rings. The highest BCUT2D eigenvalue weighted by Crippen LogP contribution is 2.44. The van der Waals surface area contributed by atoms with E-state index in [-0.39, 0.29) is 17.4 Å². The number of rotatable bonds is 9. The summed E-state index contributed by atoms with van der Waals surface area (Å²) < 4.78 is 0. The third-order valence-corrected chi connectivity index (χ3v) is 7.98. The van der Waals surface area contributed by atoms with E-state index in [0.29, 0.717) is 11.8 Å². The highest BCUT2D eigenvalue weighted by Gasteiger charge is 2.41. The second-order valence-electron chi connectivity index (χ2n) is 11.9. The summed E-state index contributed by atoms with van der Waals surface area (Å²) in [5, 5.41) is 0. The van der Waals surface area contributed by atoms with Gasteiger partial charge >= 0.3 is 0 Å². The van der Waals surface area contributed by atoms with E-state index >= 15 is 0 Å². The summed E-state index contributed by atoms with van der Waals surface area (Å²) in [4.78, 5) is 10.9. The predicted molar refractivity (Wildman–Crippen MR) is 166 cm³/mol. The molecule has 0 atom stereocenters. The zero-order valence-corrected chi connectivity index (χ0v) is 24.3. The van der Waals surface area contributed by atoms with Gasteiger partial charge in [-0.15, -0.1) is 0 Å². The zero-order valence-electron chi connectivity index (χ0n) is 24.3. The summed E-state index contributed by atoms with van der Waals surface area (Å²) in [6.07, 6.45) is 8.23. The van der Waals surface area contributed by atoms with Crippen LogP contribution in [0.4, 0.5) is 5.69 Å². The first-order valence-corrected chi connectivity index (χ1v) is 14.7. The average molecular weight is 507 g/mol. The summed E-state index contributed by atoms with van der Waals surface area (Å²) in [5.41, 5.74) is 7.57. The Balaban J connectivity index is 1.93. The molecule has 0 saturated heterocycles. The van der Waals surface area contributed by atoms with E-state index in [9.17, 15) is 0 Å². The maximum atomic E-state index is 5.48. The van der Waals surface area contributed by atoms with Gasteiger partial charge in [-0.25, -0.2) is 0 Å². The van der Waals surface area contributed by atoms with E-state index in [1.807, 2.05) is 0 Å². The van der Waals surface area contributed by atoms with Crippen molar-refractivity contribution in [2.24, 2.45) is 15.4 Å². The van der Waals surface area contributed by atoms with E-state index in [2.05, 4.69) is 127 Å². The van der Waals surface area contributed by atoms with Gasteiger partial charge in [0.15, 0.2) is 0 Å². The average Bonchev–Trinajstić information content (AvgIpc) is 2.92. The molecule has 2 nitrogen and oxygen atoms in total. The van der Waals surface area contributed by atoms with Crippen LogP contribution in [0.15, 0.2) is 88.8 Å². The molecule has 0 unspecified atom stereocenters. The number of benzene rings is 3. The Morgan fingerprint density at radius 2 is 1.16 bits per heavy atom. The quantitative estimate of drug-likeness (QED) is 0.258. The van der Waals surface area contributed by atoms with Crippen molar-refractivity contribution in [3.63, 3.8) is 0 Å². The maximum absolute atomic E-state index is 5.48. The first-order chi connectivity index (χ1) is 18.3. The predicted octanol–water partition coefficient (Wildman–Crippen LogP) is 10.3. The second-order valence-corrected chi connectivity index (χ2v) is 11.9. The molecule has 0 aromatic heterocycles. The molecule has 0 N–H and O–H groups in total. The molecule has 0 bridgehead atoms. The van der Waals surface area contributed by atoms with Crippen LogP contribution in [0.5, 0.6) is 0 Å². The van der Waals surface area contributed by atoms with Crippen molar-refractivity contribution < 1.29 is 0 Å². The standard InChI is InChI=1S/C36H46N2/c1-26(2)31-21-16-22-32(27(3)4)34(31)37-25-36(23-14-9-15-24-36)35(38-28(5)6)33(29-17-10-7-11-18-29)30-19-12-8-13-20-30/h7-8,10-13,16-22,25-28,33H,9,14-15,23-24H2,1-6H3. The maximum Gasteiger partial charge on any atom is 0.0695 e. The van der Waals surface area contributed by atoms with Gasteiger partial charge < -0.3 is 0 Å². The van der Waals surface area contributed by atoms with Crippen LogP contribution >= 0.6 is 0 Å². The van der Waals surface area contributed by atoms with Crippen molar-refractivity contribution in [3.05, 3.63) is 101 Å². The molecule has 0 amide bonds. The molecule has 0 radical (unpaired) electrons. The molecule has 1 aliphatic carbocycles. The zero-order chi connectivity index (χ0) is 27.1. The van der Waals surface area contributed by atoms with Gasteiger partial charge in [-0.1, -0.05) is 126 Å². The van der Waals surface area contributed by atoms with Crippen molar-refractivity contribution in [2.75, 3.05) is 0 Å². The molecule has 38 heavy (non-hydrogen) atoms. The third kappa shape index (κ3) is 6.34. The number of nitrogens with zero attached hydrogens (tertiary/aromatic N) is 2. The van der Waals surface area contributed by atoms with Gasteiger partial charge in [-0.2, -0.15) is 0 Å². The Hall–Kier alpha value is -3.00. The SMILES string of the molecule is CC(C)N=C(C(c1ccccc1)c1ccccc1)C1(C=Nc2c(C(C)C)cccc2C(C)C)CCCCC1. The molecule has 1 saturated carbocycles. The molecule has 200 valence electrons. The lowest BCUT2D eigenvalue weighted by Crippen LogP contribution is -2.40. The van der Waals surface area contributed by atoms with Crippen molar-refractivity contribution in [3.8, 4) is 0 Å². The van der Waals surface area contributed by atoms with E-state index < -0.39 is 0 Å². The fourth-order valence-corrected chi connectivity index (χ4v) is 6.05. The number of hydrogen-bond acceptors (Lipinski definition) is 2. The van der Waals surface area contributed by atoms with Crippen molar-refractivity contribution >= 4 is 17.6 Å². The van der Waals surface area contributed by atoms with Gasteiger partial charge in [0.2, 0.25) is 0 Å². The van der Waals surface area contributed by atoms with E-state index in [4.69, 9.17) is 9.98 Å². The molecule has 0 aliphatic heterocycles. The van der Waals surface area contributed by atoms with Crippen LogP contribution in [0.3, 0.4) is 0 Å². The minimum atomic E-state index is -0.169. The normalized spacial score (nSPS) is 16.3. The van der Waals surface area contributed by atoms with Gasteiger partial charge in [0, 0.05) is 29.3 Å². The van der Waals surface area contributed by atoms with E-state index in [1.165, 1.54) is 52.9 Å². The summed E-state index contributed by atoms with van der Waals surface area (Å²) in [6, 6.07) is 28.9. The van der Waals surface area contributed by atoms with Gasteiger partial charge in [-0.05, 0) is 60.8 Å². The molecular formula is C36H46N2. The van der Waals surface area contributed by atoms with E-state index in [1.54, 1.807) is 0 Å². The van der Waals surface area contributed by atoms with Crippen LogP contribution in [0.25, 0.3) is 0 Å². The highest BCUT2D eigenvalue weighted by atomic mass is 14.8. The largest absolute Gasteiger partial charge is 0.289 e. The lowest BCUT2D eigenvalue weighted by Gasteiger charge is -2.39. The highest BCUT2D eigenvalue weighted by molar-refractivity contribution is 6.09. The fourth-order valence-electron chi connectivity index (χ4n) is 6.05. The number of aliphatic imine (C=N–C) groups is 2. The molecule has 1 aliphatic rings. The monoisotopic (exact) mass is 506 g/mol. The molecule has 3 aromatic carbocycles. The summed E-state index contributed by atoms with van der Waals surface area (Å²) in [5.74, 6) is 0.955. The number of hydrogen-bond donors (Lipinski definition) is 0. The first-order valence-electron chi connectivity index (χ1n) is 14.7. The van der Waals surface area contributed by atoms with Crippen LogP contribution < -0.4 is 0 Å². The molecule has 0 heterocycles. The first kappa shape index (κ1) is 28.0. The molecule has 0 spiro atoms. The van der Waals surface area contributed by atoms with Crippen LogP contribution in [-0.2, 0) is 0 Å². The van der Waals surface area contributed by atoms with Crippen molar-refractivity contribution in [2.45, 2.75) is 97.4 Å². The lowest BCUT2D eigenvalue weighted by atomic mass is 9.65. The molecule has 4 rings (SSSR count). The van der Waals surface area contributed by atoms with Crippen LogP contribution in [0, 0.1) is 5.41 Å². The van der Waals surface area contributed by atoms with Crippen LogP contribution in [-0.4, -0.2) is 18.0 Å². The van der Waals surface area contributed by atoms with Gasteiger partial charge in [-0.3, -0.25) is 9.98 Å². The minimum absolute atomic E-state index is 0.106. The Bertz CT molecular complexity index is 1150. The Labute approximate surface area is 231 Å². The van der Waals surface area contributed by atoms with Gasteiger partial charge in [0.1, 0.15) is 0 Å². The Kier molecular flexibility index (Phi) is 9.36.